The van der Waals surface area contributed by atoms with E-state index >= 15 is 0 Å². The summed E-state index contributed by atoms with van der Waals surface area (Å²) in [6.45, 7) is 2.32. The van der Waals surface area contributed by atoms with Crippen molar-refractivity contribution in [2.45, 2.75) is 13.3 Å². The smallest absolute Gasteiger partial charge is 0.256 e. The molecule has 30 heavy (non-hydrogen) atoms. The van der Waals surface area contributed by atoms with Crippen molar-refractivity contribution in [1.82, 2.24) is 4.98 Å². The van der Waals surface area contributed by atoms with Crippen LogP contribution in [0.15, 0.2) is 72.8 Å². The van der Waals surface area contributed by atoms with E-state index in [9.17, 15) is 4.79 Å². The zero-order valence-corrected chi connectivity index (χ0v) is 16.5. The van der Waals surface area contributed by atoms with Gasteiger partial charge in [0.1, 0.15) is 0 Å². The van der Waals surface area contributed by atoms with Crippen molar-refractivity contribution >= 4 is 22.5 Å². The number of amides is 1. The zero-order chi connectivity index (χ0) is 20.5. The molecule has 2 heterocycles. The third-order valence-electron chi connectivity index (χ3n) is 5.25. The summed E-state index contributed by atoms with van der Waals surface area (Å²) in [5, 5.41) is 3.82. The summed E-state index contributed by atoms with van der Waals surface area (Å²) in [6.07, 6.45) is 0.960. The molecule has 1 aliphatic heterocycles. The molecule has 4 aromatic rings. The number of aryl methyl sites for hydroxylation is 1. The zero-order valence-electron chi connectivity index (χ0n) is 16.5. The number of pyridine rings is 1. The fourth-order valence-corrected chi connectivity index (χ4v) is 3.59. The summed E-state index contributed by atoms with van der Waals surface area (Å²) in [7, 11) is 0. The Morgan fingerprint density at radius 3 is 2.60 bits per heavy atom. The van der Waals surface area contributed by atoms with Crippen LogP contribution in [0, 0.1) is 0 Å². The van der Waals surface area contributed by atoms with Crippen LogP contribution in [0.3, 0.4) is 0 Å². The van der Waals surface area contributed by atoms with Gasteiger partial charge in [0.25, 0.3) is 5.91 Å². The van der Waals surface area contributed by atoms with Gasteiger partial charge in [0, 0.05) is 16.6 Å². The van der Waals surface area contributed by atoms with E-state index in [1.807, 2.05) is 72.8 Å². The molecule has 1 aliphatic rings. The van der Waals surface area contributed by atoms with Gasteiger partial charge in [-0.2, -0.15) is 0 Å². The number of hydrogen-bond donors (Lipinski definition) is 1. The monoisotopic (exact) mass is 396 g/mol. The molecule has 3 aromatic carbocycles. The SMILES string of the molecule is CCc1ccc(NC(=O)c2cc(-c3ccc4c(c3)OCO4)nc3ccccc23)cc1. The van der Waals surface area contributed by atoms with Gasteiger partial charge in [-0.1, -0.05) is 37.3 Å². The third kappa shape index (κ3) is 3.35. The lowest BCUT2D eigenvalue weighted by molar-refractivity contribution is 0.102. The average molecular weight is 396 g/mol. The molecule has 5 nitrogen and oxygen atoms in total. The van der Waals surface area contributed by atoms with Crippen molar-refractivity contribution in [3.8, 4) is 22.8 Å². The number of aromatic nitrogens is 1. The van der Waals surface area contributed by atoms with E-state index in [1.165, 1.54) is 5.56 Å². The molecule has 1 N–H and O–H groups in total. The molecule has 0 spiro atoms. The first-order chi connectivity index (χ1) is 14.7. The second-order valence-corrected chi connectivity index (χ2v) is 7.14. The van der Waals surface area contributed by atoms with Crippen LogP contribution in [0.2, 0.25) is 0 Å². The summed E-state index contributed by atoms with van der Waals surface area (Å²) in [6, 6.07) is 23.1. The van der Waals surface area contributed by atoms with E-state index in [0.717, 1.165) is 28.6 Å². The molecule has 0 fully saturated rings. The maximum absolute atomic E-state index is 13.2. The van der Waals surface area contributed by atoms with E-state index in [4.69, 9.17) is 14.5 Å². The van der Waals surface area contributed by atoms with Crippen LogP contribution in [0.5, 0.6) is 11.5 Å². The molecule has 0 saturated heterocycles. The third-order valence-corrected chi connectivity index (χ3v) is 5.25. The van der Waals surface area contributed by atoms with Gasteiger partial charge in [-0.3, -0.25) is 4.79 Å². The number of rotatable bonds is 4. The van der Waals surface area contributed by atoms with E-state index in [1.54, 1.807) is 0 Å². The normalized spacial score (nSPS) is 12.2. The maximum Gasteiger partial charge on any atom is 0.256 e. The Hall–Kier alpha value is -3.86. The predicted molar refractivity (Wildman–Crippen MR) is 117 cm³/mol. The van der Waals surface area contributed by atoms with Gasteiger partial charge >= 0.3 is 0 Å². The van der Waals surface area contributed by atoms with Crippen molar-refractivity contribution in [2.24, 2.45) is 0 Å². The minimum Gasteiger partial charge on any atom is -0.454 e. The number of carbonyl (C=O) groups is 1. The van der Waals surface area contributed by atoms with Crippen molar-refractivity contribution < 1.29 is 14.3 Å². The van der Waals surface area contributed by atoms with Gasteiger partial charge < -0.3 is 14.8 Å². The van der Waals surface area contributed by atoms with Crippen molar-refractivity contribution in [1.29, 1.82) is 0 Å². The second-order valence-electron chi connectivity index (χ2n) is 7.14. The van der Waals surface area contributed by atoms with E-state index < -0.39 is 0 Å². The Morgan fingerprint density at radius 1 is 0.967 bits per heavy atom. The quantitative estimate of drug-likeness (QED) is 0.499. The van der Waals surface area contributed by atoms with Crippen LogP contribution in [0.4, 0.5) is 5.69 Å². The molecule has 0 atom stereocenters. The van der Waals surface area contributed by atoms with E-state index in [0.29, 0.717) is 22.8 Å². The second kappa shape index (κ2) is 7.52. The molecule has 0 aliphatic carbocycles. The van der Waals surface area contributed by atoms with E-state index in [2.05, 4.69) is 12.2 Å². The molecule has 1 amide bonds. The Morgan fingerprint density at radius 2 is 1.77 bits per heavy atom. The molecular formula is C25H20N2O3. The molecule has 5 heteroatoms. The summed E-state index contributed by atoms with van der Waals surface area (Å²) in [5.74, 6) is 1.23. The minimum absolute atomic E-state index is 0.167. The number of ether oxygens (including phenoxy) is 2. The first-order valence-electron chi connectivity index (χ1n) is 9.91. The number of benzene rings is 3. The van der Waals surface area contributed by atoms with Gasteiger partial charge in [-0.05, 0) is 54.4 Å². The van der Waals surface area contributed by atoms with Crippen molar-refractivity contribution in [3.05, 3.63) is 83.9 Å². The molecule has 0 bridgehead atoms. The van der Waals surface area contributed by atoms with Gasteiger partial charge in [0.15, 0.2) is 11.5 Å². The van der Waals surface area contributed by atoms with Gasteiger partial charge in [0.2, 0.25) is 6.79 Å². The Balaban J connectivity index is 1.55. The number of fused-ring (bicyclic) bond motifs is 2. The summed E-state index contributed by atoms with van der Waals surface area (Å²) in [4.78, 5) is 17.9. The average Bonchev–Trinajstić information content (AvgIpc) is 3.26. The summed E-state index contributed by atoms with van der Waals surface area (Å²) < 4.78 is 10.9. The summed E-state index contributed by atoms with van der Waals surface area (Å²) in [5.41, 5.74) is 4.91. The van der Waals surface area contributed by atoms with Crippen LogP contribution in [0.25, 0.3) is 22.2 Å². The van der Waals surface area contributed by atoms with Gasteiger partial charge in [0.05, 0.1) is 16.8 Å². The molecule has 148 valence electrons. The Kier molecular flexibility index (Phi) is 4.56. The topological polar surface area (TPSA) is 60.5 Å². The standard InChI is InChI=1S/C25H20N2O3/c1-2-16-7-10-18(11-8-16)26-25(28)20-14-22(27-21-6-4-3-5-19(20)21)17-9-12-23-24(13-17)30-15-29-23/h3-14H,2,15H2,1H3,(H,26,28). The highest BCUT2D eigenvalue weighted by Gasteiger charge is 2.17. The van der Waals surface area contributed by atoms with Crippen LogP contribution < -0.4 is 14.8 Å². The molecule has 5 rings (SSSR count). The van der Waals surface area contributed by atoms with Crippen molar-refractivity contribution in [3.63, 3.8) is 0 Å². The number of carbonyl (C=O) groups excluding carboxylic acids is 1. The number of anilines is 1. The van der Waals surface area contributed by atoms with Crippen LogP contribution in [0.1, 0.15) is 22.8 Å². The highest BCUT2D eigenvalue weighted by atomic mass is 16.7. The lowest BCUT2D eigenvalue weighted by Crippen LogP contribution is -2.13. The lowest BCUT2D eigenvalue weighted by Gasteiger charge is -2.11. The first-order valence-corrected chi connectivity index (χ1v) is 9.91. The fourth-order valence-electron chi connectivity index (χ4n) is 3.59. The van der Waals surface area contributed by atoms with Crippen LogP contribution in [-0.2, 0) is 6.42 Å². The number of nitrogens with one attached hydrogen (secondary N) is 1. The van der Waals surface area contributed by atoms with Crippen molar-refractivity contribution in [2.75, 3.05) is 12.1 Å². The number of hydrogen-bond acceptors (Lipinski definition) is 4. The number of nitrogens with zero attached hydrogens (tertiary/aromatic N) is 1. The van der Waals surface area contributed by atoms with Gasteiger partial charge in [-0.25, -0.2) is 4.98 Å². The maximum atomic E-state index is 13.2. The number of para-hydroxylation sites is 1. The molecule has 0 radical (unpaired) electrons. The minimum atomic E-state index is -0.167. The molecule has 0 unspecified atom stereocenters. The van der Waals surface area contributed by atoms with E-state index in [-0.39, 0.29) is 12.7 Å². The highest BCUT2D eigenvalue weighted by Crippen LogP contribution is 2.36. The summed E-state index contributed by atoms with van der Waals surface area (Å²) >= 11 is 0. The first kappa shape index (κ1) is 18.2. The van der Waals surface area contributed by atoms with Crippen LogP contribution in [-0.4, -0.2) is 17.7 Å². The van der Waals surface area contributed by atoms with Gasteiger partial charge in [-0.15, -0.1) is 0 Å². The predicted octanol–water partition coefficient (Wildman–Crippen LogP) is 5.45. The molecular weight excluding hydrogens is 376 g/mol. The Bertz CT molecular complexity index is 1250. The molecule has 0 saturated carbocycles. The lowest BCUT2D eigenvalue weighted by atomic mass is 10.0. The highest BCUT2D eigenvalue weighted by molar-refractivity contribution is 6.13. The fraction of sp³-hybridized carbons (Fsp3) is 0.120. The largest absolute Gasteiger partial charge is 0.454 e. The Labute approximate surface area is 174 Å². The molecule has 1 aromatic heterocycles. The van der Waals surface area contributed by atoms with Crippen LogP contribution >= 0.6 is 0 Å².